The summed E-state index contributed by atoms with van der Waals surface area (Å²) in [6, 6.07) is -1.46. The first-order valence-electron chi connectivity index (χ1n) is 6.95. The second-order valence-electron chi connectivity index (χ2n) is 4.56. The lowest BCUT2D eigenvalue weighted by Gasteiger charge is -2.08. The van der Waals surface area contributed by atoms with Crippen LogP contribution < -0.4 is 22.1 Å². The van der Waals surface area contributed by atoms with Gasteiger partial charge in [-0.1, -0.05) is 12.1 Å². The topological polar surface area (TPSA) is 207 Å². The number of aliphatic hydroxyl groups excluding tert-OH is 1. The fraction of sp³-hybridized carbons (Fsp3) is 0.583. The Bertz CT molecular complexity index is 546. The Kier molecular flexibility index (Phi) is 9.67. The zero-order valence-electron chi connectivity index (χ0n) is 13.4. The minimum Gasteiger partial charge on any atom is -0.480 e. The maximum Gasteiger partial charge on any atom is 0.323 e. The Labute approximate surface area is 137 Å². The number of hydrogen-bond acceptors (Lipinski definition) is 8. The molecular formula is C12H22N6O6. The maximum atomic E-state index is 11.1. The number of rotatable bonds is 7. The van der Waals surface area contributed by atoms with Crippen LogP contribution in [-0.4, -0.2) is 50.9 Å². The van der Waals surface area contributed by atoms with Crippen molar-refractivity contribution < 1.29 is 29.1 Å². The number of primary amides is 1. The van der Waals surface area contributed by atoms with Crippen molar-refractivity contribution in [2.24, 2.45) is 11.5 Å². The summed E-state index contributed by atoms with van der Waals surface area (Å²) in [5.74, 6) is -1.18. The standard InChI is InChI=1S/C9H15N5O5.C3H7NO/c1-4(15)7(10)8-13-5(19-14-8)2-11-9(18)12-3-6(16)17;1-2-3(4)5/h4,7,15H,2-3,10H2,1H3,(H,16,17)(H2,11,12,18);2H2,1H3,(H2,4,5). The number of aliphatic hydroxyl groups is 1. The molecule has 1 rings (SSSR count). The molecule has 8 N–H and O–H groups in total. The Morgan fingerprint density at radius 2 is 1.92 bits per heavy atom. The van der Waals surface area contributed by atoms with E-state index in [1.165, 1.54) is 6.92 Å². The van der Waals surface area contributed by atoms with Crippen LogP contribution in [0, 0.1) is 0 Å². The Morgan fingerprint density at radius 3 is 2.38 bits per heavy atom. The van der Waals surface area contributed by atoms with Crippen molar-refractivity contribution in [2.45, 2.75) is 39.0 Å². The number of aromatic nitrogens is 2. The van der Waals surface area contributed by atoms with Crippen LogP contribution >= 0.6 is 0 Å². The number of aliphatic carboxylic acids is 1. The van der Waals surface area contributed by atoms with Gasteiger partial charge in [0.15, 0.2) is 5.82 Å². The van der Waals surface area contributed by atoms with E-state index in [1.54, 1.807) is 6.92 Å². The van der Waals surface area contributed by atoms with Gasteiger partial charge in [0, 0.05) is 6.42 Å². The molecule has 12 nitrogen and oxygen atoms in total. The minimum atomic E-state index is -1.15. The third-order valence-corrected chi connectivity index (χ3v) is 2.45. The first kappa shape index (κ1) is 21.3. The van der Waals surface area contributed by atoms with Crippen molar-refractivity contribution in [3.05, 3.63) is 11.7 Å². The summed E-state index contributed by atoms with van der Waals surface area (Å²) in [6.07, 6.45) is -0.391. The van der Waals surface area contributed by atoms with E-state index in [0.717, 1.165) is 0 Å². The van der Waals surface area contributed by atoms with Gasteiger partial charge in [0.05, 0.1) is 18.7 Å². The van der Waals surface area contributed by atoms with E-state index in [9.17, 15) is 19.5 Å². The number of amides is 3. The van der Waals surface area contributed by atoms with Crippen LogP contribution in [0.25, 0.3) is 0 Å². The molecule has 0 radical (unpaired) electrons. The van der Waals surface area contributed by atoms with Gasteiger partial charge in [-0.05, 0) is 6.92 Å². The number of carbonyl (C=O) groups excluding carboxylic acids is 2. The van der Waals surface area contributed by atoms with Crippen LogP contribution in [0.1, 0.15) is 38.0 Å². The fourth-order valence-electron chi connectivity index (χ4n) is 1.07. The van der Waals surface area contributed by atoms with E-state index in [4.69, 9.17) is 15.4 Å². The van der Waals surface area contributed by atoms with Gasteiger partial charge in [0.25, 0.3) is 0 Å². The zero-order valence-corrected chi connectivity index (χ0v) is 13.4. The van der Waals surface area contributed by atoms with Crippen molar-refractivity contribution in [1.82, 2.24) is 20.8 Å². The van der Waals surface area contributed by atoms with Crippen molar-refractivity contribution in [1.29, 1.82) is 0 Å². The van der Waals surface area contributed by atoms with Gasteiger partial charge in [0.2, 0.25) is 11.8 Å². The van der Waals surface area contributed by atoms with Gasteiger partial charge in [-0.3, -0.25) is 9.59 Å². The molecule has 2 atom stereocenters. The van der Waals surface area contributed by atoms with Crippen LogP contribution in [-0.2, 0) is 16.1 Å². The number of urea groups is 1. The van der Waals surface area contributed by atoms with Gasteiger partial charge in [-0.25, -0.2) is 4.79 Å². The fourth-order valence-corrected chi connectivity index (χ4v) is 1.07. The summed E-state index contributed by atoms with van der Waals surface area (Å²) in [4.78, 5) is 34.8. The van der Waals surface area contributed by atoms with Gasteiger partial charge >= 0.3 is 12.0 Å². The third-order valence-electron chi connectivity index (χ3n) is 2.45. The van der Waals surface area contributed by atoms with Crippen molar-refractivity contribution in [3.8, 4) is 0 Å². The van der Waals surface area contributed by atoms with Gasteiger partial charge in [0.1, 0.15) is 6.54 Å². The molecule has 1 aromatic rings. The second kappa shape index (κ2) is 10.9. The average molecular weight is 346 g/mol. The number of carbonyl (C=O) groups is 3. The molecule has 0 aliphatic carbocycles. The van der Waals surface area contributed by atoms with E-state index >= 15 is 0 Å². The second-order valence-corrected chi connectivity index (χ2v) is 4.56. The molecule has 0 aliphatic rings. The van der Waals surface area contributed by atoms with E-state index in [1.807, 2.05) is 0 Å². The lowest BCUT2D eigenvalue weighted by Crippen LogP contribution is -2.38. The molecule has 136 valence electrons. The molecule has 0 saturated heterocycles. The van der Waals surface area contributed by atoms with Gasteiger partial charge in [-0.2, -0.15) is 4.98 Å². The van der Waals surface area contributed by atoms with Crippen LogP contribution in [0.15, 0.2) is 4.52 Å². The molecule has 2 unspecified atom stereocenters. The summed E-state index contributed by atoms with van der Waals surface area (Å²) in [6.45, 7) is 2.64. The summed E-state index contributed by atoms with van der Waals surface area (Å²) >= 11 is 0. The summed E-state index contributed by atoms with van der Waals surface area (Å²) < 4.78 is 4.80. The molecule has 0 fully saturated rings. The quantitative estimate of drug-likeness (QED) is 0.329. The molecule has 24 heavy (non-hydrogen) atoms. The molecule has 0 saturated carbocycles. The number of carboxylic acid groups (broad SMARTS) is 1. The van der Waals surface area contributed by atoms with Crippen LogP contribution in [0.5, 0.6) is 0 Å². The predicted octanol–water partition coefficient (Wildman–Crippen LogP) is -1.78. The zero-order chi connectivity index (χ0) is 18.7. The molecule has 0 bridgehead atoms. The van der Waals surface area contributed by atoms with Crippen LogP contribution in [0.2, 0.25) is 0 Å². The third kappa shape index (κ3) is 9.32. The minimum absolute atomic E-state index is 0.0784. The largest absolute Gasteiger partial charge is 0.480 e. The Hall–Kier alpha value is -2.73. The molecule has 0 aromatic carbocycles. The first-order chi connectivity index (χ1) is 11.2. The number of nitrogens with two attached hydrogens (primary N) is 2. The lowest BCUT2D eigenvalue weighted by molar-refractivity contribution is -0.135. The van der Waals surface area contributed by atoms with E-state index in [2.05, 4.69) is 26.5 Å². The highest BCUT2D eigenvalue weighted by Crippen LogP contribution is 2.09. The van der Waals surface area contributed by atoms with Crippen LogP contribution in [0.3, 0.4) is 0 Å². The Morgan fingerprint density at radius 1 is 1.33 bits per heavy atom. The highest BCUT2D eigenvalue weighted by molar-refractivity contribution is 5.79. The summed E-state index contributed by atoms with van der Waals surface area (Å²) in [7, 11) is 0. The highest BCUT2D eigenvalue weighted by atomic mass is 16.5. The maximum absolute atomic E-state index is 11.1. The molecule has 12 heteroatoms. The van der Waals surface area contributed by atoms with Crippen LogP contribution in [0.4, 0.5) is 4.79 Å². The van der Waals surface area contributed by atoms with E-state index in [0.29, 0.717) is 6.42 Å². The van der Waals surface area contributed by atoms with Gasteiger partial charge in [-0.15, -0.1) is 0 Å². The van der Waals surface area contributed by atoms with Crippen molar-refractivity contribution in [2.75, 3.05) is 6.54 Å². The molecule has 3 amide bonds. The SMILES string of the molecule is CC(O)C(N)c1noc(CNC(=O)NCC(=O)O)n1.CCC(N)=O. The number of nitrogens with zero attached hydrogens (tertiary/aromatic N) is 2. The predicted molar refractivity (Wildman–Crippen MR) is 80.3 cm³/mol. The number of hydrogen-bond donors (Lipinski definition) is 6. The molecular weight excluding hydrogens is 324 g/mol. The molecule has 0 aliphatic heterocycles. The van der Waals surface area contributed by atoms with E-state index in [-0.39, 0.29) is 24.2 Å². The van der Waals surface area contributed by atoms with Crippen molar-refractivity contribution >= 4 is 17.9 Å². The smallest absolute Gasteiger partial charge is 0.323 e. The highest BCUT2D eigenvalue weighted by Gasteiger charge is 2.18. The Balaban J connectivity index is 0.000000922. The molecule has 0 spiro atoms. The monoisotopic (exact) mass is 346 g/mol. The van der Waals surface area contributed by atoms with Crippen molar-refractivity contribution in [3.63, 3.8) is 0 Å². The summed E-state index contributed by atoms with van der Waals surface area (Å²) in [5, 5.41) is 25.6. The first-order valence-corrected chi connectivity index (χ1v) is 6.95. The number of nitrogens with one attached hydrogen (secondary N) is 2. The normalized spacial score (nSPS) is 12.3. The van der Waals surface area contributed by atoms with E-state index < -0.39 is 30.7 Å². The number of carboxylic acids is 1. The average Bonchev–Trinajstić information content (AvgIpc) is 2.99. The van der Waals surface area contributed by atoms with Gasteiger partial charge < -0.3 is 36.8 Å². The summed E-state index contributed by atoms with van der Waals surface area (Å²) in [5.41, 5.74) is 10.2. The molecule has 1 aromatic heterocycles. The molecule has 1 heterocycles. The lowest BCUT2D eigenvalue weighted by atomic mass is 10.2.